The van der Waals surface area contributed by atoms with Gasteiger partial charge in [0.25, 0.3) is 10.0 Å². The Morgan fingerprint density at radius 3 is 2.30 bits per heavy atom. The van der Waals surface area contributed by atoms with Crippen molar-refractivity contribution in [2.24, 2.45) is 0 Å². The summed E-state index contributed by atoms with van der Waals surface area (Å²) in [5.41, 5.74) is 1.74. The molecule has 0 aliphatic heterocycles. The predicted molar refractivity (Wildman–Crippen MR) is 119 cm³/mol. The molecular formula is C23H21ClN2O3S. The second kappa shape index (κ2) is 7.78. The van der Waals surface area contributed by atoms with Crippen LogP contribution in [0.4, 0.5) is 11.4 Å². The summed E-state index contributed by atoms with van der Waals surface area (Å²) in [6.45, 7) is 1.71. The fourth-order valence-corrected chi connectivity index (χ4v) is 5.08. The summed E-state index contributed by atoms with van der Waals surface area (Å²) in [7, 11) is -3.88. The molecule has 30 heavy (non-hydrogen) atoms. The van der Waals surface area contributed by atoms with Crippen LogP contribution >= 0.6 is 11.6 Å². The molecule has 0 bridgehead atoms. The van der Waals surface area contributed by atoms with Crippen molar-refractivity contribution in [3.8, 4) is 0 Å². The Labute approximate surface area is 181 Å². The van der Waals surface area contributed by atoms with Gasteiger partial charge in [0.1, 0.15) is 0 Å². The van der Waals surface area contributed by atoms with Crippen LogP contribution in [0.25, 0.3) is 0 Å². The SMILES string of the molecule is Cc1ccc(NC(=O)C2(c3ccccc3)CC2)cc1S(=O)(=O)Nc1ccccc1Cl. The Morgan fingerprint density at radius 1 is 0.967 bits per heavy atom. The van der Waals surface area contributed by atoms with Crippen LogP contribution < -0.4 is 10.0 Å². The molecule has 1 saturated carbocycles. The van der Waals surface area contributed by atoms with Gasteiger partial charge in [-0.15, -0.1) is 0 Å². The second-order valence-electron chi connectivity index (χ2n) is 7.47. The Morgan fingerprint density at radius 2 is 1.63 bits per heavy atom. The smallest absolute Gasteiger partial charge is 0.262 e. The molecule has 0 heterocycles. The van der Waals surface area contributed by atoms with Gasteiger partial charge in [0, 0.05) is 5.69 Å². The monoisotopic (exact) mass is 440 g/mol. The van der Waals surface area contributed by atoms with E-state index in [1.165, 1.54) is 6.07 Å². The zero-order valence-electron chi connectivity index (χ0n) is 16.4. The number of aryl methyl sites for hydroxylation is 1. The third-order valence-electron chi connectivity index (χ3n) is 5.36. The van der Waals surface area contributed by atoms with Crippen molar-refractivity contribution in [2.45, 2.75) is 30.1 Å². The van der Waals surface area contributed by atoms with E-state index in [4.69, 9.17) is 11.6 Å². The predicted octanol–water partition coefficient (Wildman–Crippen LogP) is 5.12. The van der Waals surface area contributed by atoms with E-state index in [-0.39, 0.29) is 10.8 Å². The van der Waals surface area contributed by atoms with Gasteiger partial charge in [-0.05, 0) is 55.2 Å². The first-order valence-electron chi connectivity index (χ1n) is 9.57. The molecule has 1 aliphatic rings. The van der Waals surface area contributed by atoms with Crippen LogP contribution in [0.3, 0.4) is 0 Å². The second-order valence-corrected chi connectivity index (χ2v) is 9.53. The minimum atomic E-state index is -3.88. The van der Waals surface area contributed by atoms with Crippen LogP contribution in [0, 0.1) is 6.92 Å². The lowest BCUT2D eigenvalue weighted by atomic mass is 9.95. The number of para-hydroxylation sites is 1. The summed E-state index contributed by atoms with van der Waals surface area (Å²) in [6.07, 6.45) is 1.54. The van der Waals surface area contributed by atoms with Gasteiger partial charge in [0.15, 0.2) is 0 Å². The minimum Gasteiger partial charge on any atom is -0.325 e. The number of halogens is 1. The quantitative estimate of drug-likeness (QED) is 0.558. The largest absolute Gasteiger partial charge is 0.325 e. The van der Waals surface area contributed by atoms with E-state index < -0.39 is 15.4 Å². The molecule has 0 saturated heterocycles. The van der Waals surface area contributed by atoms with Gasteiger partial charge in [0.05, 0.1) is 21.0 Å². The van der Waals surface area contributed by atoms with E-state index in [1.54, 1.807) is 43.3 Å². The highest BCUT2D eigenvalue weighted by Crippen LogP contribution is 2.49. The van der Waals surface area contributed by atoms with Crippen molar-refractivity contribution < 1.29 is 13.2 Å². The summed E-state index contributed by atoms with van der Waals surface area (Å²) in [5, 5.41) is 3.21. The summed E-state index contributed by atoms with van der Waals surface area (Å²) in [5.74, 6) is -0.125. The van der Waals surface area contributed by atoms with Crippen molar-refractivity contribution in [3.05, 3.63) is 88.9 Å². The normalized spacial score (nSPS) is 14.7. The fourth-order valence-electron chi connectivity index (χ4n) is 3.49. The summed E-state index contributed by atoms with van der Waals surface area (Å²) in [6, 6.07) is 21.2. The molecule has 0 spiro atoms. The number of rotatable bonds is 6. The van der Waals surface area contributed by atoms with E-state index in [9.17, 15) is 13.2 Å². The third-order valence-corrected chi connectivity index (χ3v) is 7.20. The summed E-state index contributed by atoms with van der Waals surface area (Å²) < 4.78 is 28.4. The average molecular weight is 441 g/mol. The van der Waals surface area contributed by atoms with Crippen LogP contribution in [0.1, 0.15) is 24.0 Å². The van der Waals surface area contributed by atoms with Gasteiger partial charge < -0.3 is 5.32 Å². The van der Waals surface area contributed by atoms with E-state index in [1.807, 2.05) is 30.3 Å². The Hall–Kier alpha value is -2.83. The maximum absolute atomic E-state index is 13.0. The Bertz CT molecular complexity index is 1210. The highest BCUT2D eigenvalue weighted by atomic mass is 35.5. The van der Waals surface area contributed by atoms with Crippen LogP contribution in [0.15, 0.2) is 77.7 Å². The van der Waals surface area contributed by atoms with Crippen LogP contribution in [0.5, 0.6) is 0 Å². The number of hydrogen-bond donors (Lipinski definition) is 2. The number of carbonyl (C=O) groups is 1. The van der Waals surface area contributed by atoms with E-state index in [2.05, 4.69) is 10.0 Å². The molecule has 0 aromatic heterocycles. The van der Waals surface area contributed by atoms with Gasteiger partial charge in [-0.2, -0.15) is 0 Å². The molecule has 5 nitrogen and oxygen atoms in total. The molecule has 2 N–H and O–H groups in total. The van der Waals surface area contributed by atoms with E-state index >= 15 is 0 Å². The average Bonchev–Trinajstić information content (AvgIpc) is 3.54. The van der Waals surface area contributed by atoms with Crippen LogP contribution in [-0.2, 0) is 20.2 Å². The third kappa shape index (κ3) is 3.93. The molecule has 4 rings (SSSR count). The Kier molecular flexibility index (Phi) is 5.30. The highest BCUT2D eigenvalue weighted by molar-refractivity contribution is 7.92. The van der Waals surface area contributed by atoms with Crippen LogP contribution in [-0.4, -0.2) is 14.3 Å². The molecule has 154 valence electrons. The molecule has 3 aromatic rings. The zero-order valence-corrected chi connectivity index (χ0v) is 17.9. The van der Waals surface area contributed by atoms with Crippen molar-refractivity contribution in [3.63, 3.8) is 0 Å². The molecule has 1 amide bonds. The lowest BCUT2D eigenvalue weighted by Gasteiger charge is -2.17. The molecule has 7 heteroatoms. The zero-order chi connectivity index (χ0) is 21.4. The first-order valence-corrected chi connectivity index (χ1v) is 11.4. The van der Waals surface area contributed by atoms with Gasteiger partial charge >= 0.3 is 0 Å². The summed E-state index contributed by atoms with van der Waals surface area (Å²) in [4.78, 5) is 13.1. The van der Waals surface area contributed by atoms with Crippen molar-refractivity contribution in [1.82, 2.24) is 0 Å². The van der Waals surface area contributed by atoms with Gasteiger partial charge in [0.2, 0.25) is 5.91 Å². The summed E-state index contributed by atoms with van der Waals surface area (Å²) >= 11 is 6.09. The first kappa shape index (κ1) is 20.4. The number of sulfonamides is 1. The minimum absolute atomic E-state index is 0.0878. The van der Waals surface area contributed by atoms with Crippen molar-refractivity contribution >= 4 is 38.9 Å². The van der Waals surface area contributed by atoms with Crippen molar-refractivity contribution in [2.75, 3.05) is 10.0 Å². The number of hydrogen-bond acceptors (Lipinski definition) is 3. The first-order chi connectivity index (χ1) is 14.3. The Balaban J connectivity index is 1.59. The molecule has 3 aromatic carbocycles. The van der Waals surface area contributed by atoms with Crippen LogP contribution in [0.2, 0.25) is 5.02 Å². The molecular weight excluding hydrogens is 420 g/mol. The molecule has 0 atom stereocenters. The fraction of sp³-hybridized carbons (Fsp3) is 0.174. The van der Waals surface area contributed by atoms with Crippen molar-refractivity contribution in [1.29, 1.82) is 0 Å². The lowest BCUT2D eigenvalue weighted by molar-refractivity contribution is -0.118. The van der Waals surface area contributed by atoms with E-state index in [0.29, 0.717) is 22.0 Å². The van der Waals surface area contributed by atoms with Gasteiger partial charge in [-0.3, -0.25) is 9.52 Å². The molecule has 0 radical (unpaired) electrons. The number of benzene rings is 3. The highest BCUT2D eigenvalue weighted by Gasteiger charge is 2.51. The molecule has 1 aliphatic carbocycles. The maximum atomic E-state index is 13.0. The standard InChI is InChI=1S/C23H21ClN2O3S/c1-16-11-12-18(25-22(27)23(13-14-23)17-7-3-2-4-8-17)15-21(16)30(28,29)26-20-10-6-5-9-19(20)24/h2-12,15,26H,13-14H2,1H3,(H,25,27). The van der Waals surface area contributed by atoms with E-state index in [0.717, 1.165) is 18.4 Å². The number of anilines is 2. The topological polar surface area (TPSA) is 75.3 Å². The lowest BCUT2D eigenvalue weighted by Crippen LogP contribution is -2.28. The van der Waals surface area contributed by atoms with Gasteiger partial charge in [-0.25, -0.2) is 8.42 Å². The molecule has 0 unspecified atom stereocenters. The number of nitrogens with one attached hydrogen (secondary N) is 2. The number of carbonyl (C=O) groups excluding carboxylic acids is 1. The number of amides is 1. The molecule has 1 fully saturated rings. The van der Waals surface area contributed by atoms with Gasteiger partial charge in [-0.1, -0.05) is 60.1 Å². The maximum Gasteiger partial charge on any atom is 0.262 e.